The zero-order valence-electron chi connectivity index (χ0n) is 11.9. The van der Waals surface area contributed by atoms with Gasteiger partial charge in [-0.15, -0.1) is 11.8 Å². The van der Waals surface area contributed by atoms with Crippen LogP contribution < -0.4 is 5.32 Å². The van der Waals surface area contributed by atoms with Gasteiger partial charge in [0.1, 0.15) is 0 Å². The predicted molar refractivity (Wildman–Crippen MR) is 89.7 cm³/mol. The molecule has 0 heterocycles. The van der Waals surface area contributed by atoms with E-state index in [4.69, 9.17) is 11.6 Å². The van der Waals surface area contributed by atoms with Crippen LogP contribution in [0.3, 0.4) is 0 Å². The van der Waals surface area contributed by atoms with E-state index in [1.807, 2.05) is 61.5 Å². The minimum atomic E-state index is -0.0881. The molecule has 2 nitrogen and oxygen atoms in total. The first kappa shape index (κ1) is 15.9. The number of hydrogen-bond acceptors (Lipinski definition) is 2. The van der Waals surface area contributed by atoms with Crippen LogP contribution in [-0.2, 0) is 11.3 Å². The van der Waals surface area contributed by atoms with Crippen molar-refractivity contribution >= 4 is 29.3 Å². The van der Waals surface area contributed by atoms with E-state index in [0.717, 1.165) is 16.9 Å². The molecule has 0 spiro atoms. The zero-order chi connectivity index (χ0) is 15.1. The smallest absolute Gasteiger partial charge is 0.233 e. The summed E-state index contributed by atoms with van der Waals surface area (Å²) in [5.74, 6) is 0.0707. The van der Waals surface area contributed by atoms with Gasteiger partial charge in [-0.2, -0.15) is 0 Å². The van der Waals surface area contributed by atoms with Crippen molar-refractivity contribution in [3.8, 4) is 0 Å². The van der Waals surface area contributed by atoms with Crippen LogP contribution in [0.2, 0.25) is 5.02 Å². The second kappa shape index (κ2) is 8.11. The Morgan fingerprint density at radius 1 is 1.14 bits per heavy atom. The fourth-order valence-corrected chi connectivity index (χ4v) is 3.00. The van der Waals surface area contributed by atoms with Gasteiger partial charge in [-0.3, -0.25) is 4.79 Å². The molecule has 0 bridgehead atoms. The van der Waals surface area contributed by atoms with Gasteiger partial charge in [0.15, 0.2) is 0 Å². The van der Waals surface area contributed by atoms with Crippen LogP contribution in [0.25, 0.3) is 0 Å². The summed E-state index contributed by atoms with van der Waals surface area (Å²) >= 11 is 7.44. The third-order valence-corrected chi connectivity index (χ3v) is 4.69. The van der Waals surface area contributed by atoms with Crippen LogP contribution >= 0.6 is 23.4 Å². The van der Waals surface area contributed by atoms with E-state index < -0.39 is 0 Å². The van der Waals surface area contributed by atoms with E-state index in [1.54, 1.807) is 11.8 Å². The minimum Gasteiger partial charge on any atom is -0.351 e. The Morgan fingerprint density at radius 2 is 1.81 bits per heavy atom. The van der Waals surface area contributed by atoms with Crippen molar-refractivity contribution < 1.29 is 4.79 Å². The average Bonchev–Trinajstić information content (AvgIpc) is 2.53. The van der Waals surface area contributed by atoms with Crippen LogP contribution in [0.1, 0.15) is 18.9 Å². The number of thioether (sulfide) groups is 1. The predicted octanol–water partition coefficient (Wildman–Crippen LogP) is 4.53. The van der Waals surface area contributed by atoms with E-state index in [9.17, 15) is 4.79 Å². The normalized spacial score (nSPS) is 11.9. The highest BCUT2D eigenvalue weighted by molar-refractivity contribution is 8.00. The van der Waals surface area contributed by atoms with Crippen molar-refractivity contribution in [1.29, 1.82) is 0 Å². The molecule has 0 saturated carbocycles. The van der Waals surface area contributed by atoms with Gasteiger partial charge in [0, 0.05) is 16.5 Å². The number of nitrogens with one attached hydrogen (secondary N) is 1. The van der Waals surface area contributed by atoms with Crippen LogP contribution in [-0.4, -0.2) is 11.2 Å². The van der Waals surface area contributed by atoms with Gasteiger partial charge in [0.25, 0.3) is 0 Å². The largest absolute Gasteiger partial charge is 0.351 e. The molecule has 0 aliphatic heterocycles. The van der Waals surface area contributed by atoms with Crippen molar-refractivity contribution in [2.24, 2.45) is 0 Å². The van der Waals surface area contributed by atoms with Crippen molar-refractivity contribution in [2.45, 2.75) is 30.0 Å². The summed E-state index contributed by atoms with van der Waals surface area (Å²) in [7, 11) is 0. The first-order valence-corrected chi connectivity index (χ1v) is 8.18. The standard InChI is InChI=1S/C17H18ClNOS/c1-2-16(21-15-10-8-14(18)9-11-15)17(20)19-12-13-6-4-3-5-7-13/h3-11,16H,2,12H2,1H3,(H,19,20). The van der Waals surface area contributed by atoms with E-state index in [-0.39, 0.29) is 11.2 Å². The Hall–Kier alpha value is -1.45. The zero-order valence-corrected chi connectivity index (χ0v) is 13.5. The van der Waals surface area contributed by atoms with Gasteiger partial charge in [-0.25, -0.2) is 0 Å². The fourth-order valence-electron chi connectivity index (χ4n) is 1.90. The molecule has 2 aromatic carbocycles. The van der Waals surface area contributed by atoms with E-state index >= 15 is 0 Å². The van der Waals surface area contributed by atoms with E-state index in [0.29, 0.717) is 11.6 Å². The Morgan fingerprint density at radius 3 is 2.43 bits per heavy atom. The summed E-state index contributed by atoms with van der Waals surface area (Å²) in [4.78, 5) is 13.3. The molecular weight excluding hydrogens is 302 g/mol. The van der Waals surface area contributed by atoms with Gasteiger partial charge in [-0.05, 0) is 36.2 Å². The van der Waals surface area contributed by atoms with Gasteiger partial charge < -0.3 is 5.32 Å². The van der Waals surface area contributed by atoms with Crippen LogP contribution in [0.5, 0.6) is 0 Å². The number of amides is 1. The summed E-state index contributed by atoms with van der Waals surface area (Å²) in [6, 6.07) is 17.5. The lowest BCUT2D eigenvalue weighted by atomic mass is 10.2. The molecule has 0 aliphatic carbocycles. The van der Waals surface area contributed by atoms with E-state index in [2.05, 4.69) is 5.32 Å². The Labute approximate surface area is 134 Å². The first-order valence-electron chi connectivity index (χ1n) is 6.93. The highest BCUT2D eigenvalue weighted by Gasteiger charge is 2.17. The summed E-state index contributed by atoms with van der Waals surface area (Å²) in [5.41, 5.74) is 1.11. The molecule has 0 fully saturated rings. The van der Waals surface area contributed by atoms with Crippen molar-refractivity contribution in [3.63, 3.8) is 0 Å². The highest BCUT2D eigenvalue weighted by Crippen LogP contribution is 2.26. The molecule has 0 aliphatic rings. The summed E-state index contributed by atoms with van der Waals surface area (Å²) in [6.45, 7) is 2.59. The average molecular weight is 320 g/mol. The minimum absolute atomic E-state index is 0.0707. The molecule has 110 valence electrons. The molecule has 1 amide bonds. The third kappa shape index (κ3) is 5.10. The van der Waals surface area contributed by atoms with Crippen LogP contribution in [0.4, 0.5) is 0 Å². The molecule has 4 heteroatoms. The number of rotatable bonds is 6. The van der Waals surface area contributed by atoms with Gasteiger partial charge >= 0.3 is 0 Å². The van der Waals surface area contributed by atoms with Crippen LogP contribution in [0, 0.1) is 0 Å². The molecule has 1 N–H and O–H groups in total. The molecule has 1 unspecified atom stereocenters. The molecule has 0 aromatic heterocycles. The Balaban J connectivity index is 1.90. The number of hydrogen-bond donors (Lipinski definition) is 1. The van der Waals surface area contributed by atoms with Crippen molar-refractivity contribution in [3.05, 3.63) is 65.2 Å². The lowest BCUT2D eigenvalue weighted by molar-refractivity contribution is -0.120. The molecular formula is C17H18ClNOS. The topological polar surface area (TPSA) is 29.1 Å². The molecule has 0 radical (unpaired) electrons. The molecule has 2 rings (SSSR count). The monoisotopic (exact) mass is 319 g/mol. The van der Waals surface area contributed by atoms with Gasteiger partial charge in [0.2, 0.25) is 5.91 Å². The highest BCUT2D eigenvalue weighted by atomic mass is 35.5. The maximum Gasteiger partial charge on any atom is 0.233 e. The molecule has 2 aromatic rings. The SMILES string of the molecule is CCC(Sc1ccc(Cl)cc1)C(=O)NCc1ccccc1. The quantitative estimate of drug-likeness (QED) is 0.793. The van der Waals surface area contributed by atoms with Gasteiger partial charge in [-0.1, -0.05) is 48.9 Å². The van der Waals surface area contributed by atoms with Crippen molar-refractivity contribution in [1.82, 2.24) is 5.32 Å². The lowest BCUT2D eigenvalue weighted by Gasteiger charge is -2.14. The fraction of sp³-hybridized carbons (Fsp3) is 0.235. The second-order valence-electron chi connectivity index (χ2n) is 4.67. The summed E-state index contributed by atoms with van der Waals surface area (Å²) in [6.07, 6.45) is 0.786. The summed E-state index contributed by atoms with van der Waals surface area (Å²) in [5, 5.41) is 3.62. The third-order valence-electron chi connectivity index (χ3n) is 3.06. The lowest BCUT2D eigenvalue weighted by Crippen LogP contribution is -2.31. The number of carbonyl (C=O) groups is 1. The van der Waals surface area contributed by atoms with Crippen molar-refractivity contribution in [2.75, 3.05) is 0 Å². The number of benzene rings is 2. The summed E-state index contributed by atoms with van der Waals surface area (Å²) < 4.78 is 0. The van der Waals surface area contributed by atoms with E-state index in [1.165, 1.54) is 0 Å². The maximum absolute atomic E-state index is 12.3. The second-order valence-corrected chi connectivity index (χ2v) is 6.38. The molecule has 0 saturated heterocycles. The Bertz CT molecular complexity index is 571. The van der Waals surface area contributed by atoms with Crippen LogP contribution in [0.15, 0.2) is 59.5 Å². The number of halogens is 1. The Kier molecular flexibility index (Phi) is 6.15. The molecule has 1 atom stereocenters. The molecule has 21 heavy (non-hydrogen) atoms. The first-order chi connectivity index (χ1) is 10.2. The number of carbonyl (C=O) groups excluding carboxylic acids is 1. The van der Waals surface area contributed by atoms with Gasteiger partial charge in [0.05, 0.1) is 5.25 Å². The maximum atomic E-state index is 12.3.